The van der Waals surface area contributed by atoms with Crippen LogP contribution in [0.4, 0.5) is 0 Å². The third-order valence-electron chi connectivity index (χ3n) is 5.10. The monoisotopic (exact) mass is 260 g/mol. The molecule has 1 aliphatic carbocycles. The van der Waals surface area contributed by atoms with Crippen molar-refractivity contribution in [2.24, 2.45) is 11.8 Å². The van der Waals surface area contributed by atoms with Gasteiger partial charge in [-0.3, -0.25) is 0 Å². The number of aliphatic hydroxyl groups is 1. The molecule has 2 rings (SSSR count). The van der Waals surface area contributed by atoms with E-state index in [2.05, 4.69) is 39.8 Å². The van der Waals surface area contributed by atoms with Gasteiger partial charge in [0.2, 0.25) is 0 Å². The summed E-state index contributed by atoms with van der Waals surface area (Å²) in [5, 5.41) is 10.8. The lowest BCUT2D eigenvalue weighted by atomic mass is 9.73. The Kier molecular flexibility index (Phi) is 4.67. The van der Waals surface area contributed by atoms with Gasteiger partial charge in [-0.1, -0.05) is 44.7 Å². The van der Waals surface area contributed by atoms with Gasteiger partial charge in [0.15, 0.2) is 0 Å². The van der Waals surface area contributed by atoms with Crippen LogP contribution in [0.3, 0.4) is 0 Å². The van der Waals surface area contributed by atoms with Crippen molar-refractivity contribution < 1.29 is 5.11 Å². The molecule has 1 aromatic rings. The van der Waals surface area contributed by atoms with Crippen LogP contribution in [-0.2, 0) is 0 Å². The van der Waals surface area contributed by atoms with Gasteiger partial charge in [-0.2, -0.15) is 0 Å². The quantitative estimate of drug-likeness (QED) is 0.822. The molecule has 1 heteroatoms. The fraction of sp³-hybridized carbons (Fsp3) is 0.667. The van der Waals surface area contributed by atoms with Gasteiger partial charge in [0.25, 0.3) is 0 Å². The van der Waals surface area contributed by atoms with E-state index >= 15 is 0 Å². The molecule has 0 aromatic heterocycles. The standard InChI is InChI=1S/C18H28O/c1-5-15-8-6-7-9-16(15)18(19)17-11-13(3)12(2)10-14(17)4/h10-11,15-16,18-19H,5-9H2,1-4H3. The van der Waals surface area contributed by atoms with Crippen molar-refractivity contribution in [3.8, 4) is 0 Å². The maximum Gasteiger partial charge on any atom is 0.0823 e. The molecule has 0 saturated heterocycles. The van der Waals surface area contributed by atoms with E-state index in [0.717, 1.165) is 5.56 Å². The van der Waals surface area contributed by atoms with E-state index in [1.165, 1.54) is 48.8 Å². The van der Waals surface area contributed by atoms with Crippen LogP contribution in [0.2, 0.25) is 0 Å². The second-order valence-corrected chi connectivity index (χ2v) is 6.35. The number of aliphatic hydroxyl groups excluding tert-OH is 1. The highest BCUT2D eigenvalue weighted by Gasteiger charge is 2.31. The first-order valence-electron chi connectivity index (χ1n) is 7.80. The van der Waals surface area contributed by atoms with E-state index in [1.807, 2.05) is 0 Å². The van der Waals surface area contributed by atoms with Crippen LogP contribution in [0.1, 0.15) is 67.4 Å². The topological polar surface area (TPSA) is 20.2 Å². The molecular weight excluding hydrogens is 232 g/mol. The molecular formula is C18H28O. The minimum absolute atomic E-state index is 0.274. The average molecular weight is 260 g/mol. The van der Waals surface area contributed by atoms with E-state index in [9.17, 15) is 5.11 Å². The van der Waals surface area contributed by atoms with Gasteiger partial charge < -0.3 is 5.11 Å². The van der Waals surface area contributed by atoms with Gasteiger partial charge >= 0.3 is 0 Å². The zero-order valence-electron chi connectivity index (χ0n) is 12.9. The molecule has 0 amide bonds. The van der Waals surface area contributed by atoms with Crippen LogP contribution in [0.5, 0.6) is 0 Å². The van der Waals surface area contributed by atoms with Crippen molar-refractivity contribution in [3.63, 3.8) is 0 Å². The molecule has 106 valence electrons. The van der Waals surface area contributed by atoms with Crippen molar-refractivity contribution in [3.05, 3.63) is 34.4 Å². The fourth-order valence-electron chi connectivity index (χ4n) is 3.69. The molecule has 3 atom stereocenters. The van der Waals surface area contributed by atoms with Gasteiger partial charge in [0.05, 0.1) is 6.10 Å². The van der Waals surface area contributed by atoms with Gasteiger partial charge in [-0.25, -0.2) is 0 Å². The summed E-state index contributed by atoms with van der Waals surface area (Å²) in [5.74, 6) is 1.16. The van der Waals surface area contributed by atoms with E-state index < -0.39 is 0 Å². The Labute approximate surface area is 118 Å². The number of aryl methyl sites for hydroxylation is 3. The van der Waals surface area contributed by atoms with E-state index in [-0.39, 0.29) is 6.10 Å². The molecule has 1 fully saturated rings. The Morgan fingerprint density at radius 3 is 2.37 bits per heavy atom. The lowest BCUT2D eigenvalue weighted by Crippen LogP contribution is -2.25. The SMILES string of the molecule is CCC1CCCCC1C(O)c1cc(C)c(C)cc1C. The average Bonchev–Trinajstić information content (AvgIpc) is 2.42. The van der Waals surface area contributed by atoms with Crippen LogP contribution in [-0.4, -0.2) is 5.11 Å². The Hall–Kier alpha value is -0.820. The lowest BCUT2D eigenvalue weighted by Gasteiger charge is -2.35. The summed E-state index contributed by atoms with van der Waals surface area (Å²) in [5.41, 5.74) is 5.03. The second kappa shape index (κ2) is 6.09. The highest BCUT2D eigenvalue weighted by atomic mass is 16.3. The first-order chi connectivity index (χ1) is 9.04. The van der Waals surface area contributed by atoms with Crippen molar-refractivity contribution in [1.82, 2.24) is 0 Å². The summed E-state index contributed by atoms with van der Waals surface area (Å²) in [6.45, 7) is 8.69. The number of benzene rings is 1. The molecule has 0 heterocycles. The van der Waals surface area contributed by atoms with E-state index in [4.69, 9.17) is 0 Å². The predicted molar refractivity (Wildman–Crippen MR) is 81.4 cm³/mol. The molecule has 0 radical (unpaired) electrons. The minimum atomic E-state index is -0.274. The van der Waals surface area contributed by atoms with Gasteiger partial charge in [-0.15, -0.1) is 0 Å². The van der Waals surface area contributed by atoms with Gasteiger partial charge in [-0.05, 0) is 61.3 Å². The highest BCUT2D eigenvalue weighted by molar-refractivity contribution is 5.38. The normalized spacial score (nSPS) is 25.3. The molecule has 19 heavy (non-hydrogen) atoms. The summed E-state index contributed by atoms with van der Waals surface area (Å²) < 4.78 is 0. The van der Waals surface area contributed by atoms with Crippen LogP contribution in [0.15, 0.2) is 12.1 Å². The van der Waals surface area contributed by atoms with Crippen molar-refractivity contribution >= 4 is 0 Å². The third-order valence-corrected chi connectivity index (χ3v) is 5.10. The van der Waals surface area contributed by atoms with Crippen molar-refractivity contribution in [2.75, 3.05) is 0 Å². The van der Waals surface area contributed by atoms with Crippen molar-refractivity contribution in [1.29, 1.82) is 0 Å². The molecule has 1 N–H and O–H groups in total. The summed E-state index contributed by atoms with van der Waals surface area (Å²) in [7, 11) is 0. The van der Waals surface area contributed by atoms with Crippen LogP contribution in [0, 0.1) is 32.6 Å². The maximum atomic E-state index is 10.8. The number of hydrogen-bond donors (Lipinski definition) is 1. The molecule has 0 spiro atoms. The largest absolute Gasteiger partial charge is 0.388 e. The molecule has 1 nitrogen and oxygen atoms in total. The summed E-state index contributed by atoms with van der Waals surface area (Å²) in [6.07, 6.45) is 6.03. The Morgan fingerprint density at radius 2 is 1.68 bits per heavy atom. The molecule has 0 aliphatic heterocycles. The summed E-state index contributed by atoms with van der Waals surface area (Å²) in [6, 6.07) is 4.42. The minimum Gasteiger partial charge on any atom is -0.388 e. The second-order valence-electron chi connectivity index (χ2n) is 6.35. The Bertz CT molecular complexity index is 436. The number of hydrogen-bond acceptors (Lipinski definition) is 1. The highest BCUT2D eigenvalue weighted by Crippen LogP contribution is 2.41. The predicted octanol–water partition coefficient (Wildman–Crippen LogP) is 4.86. The van der Waals surface area contributed by atoms with E-state index in [1.54, 1.807) is 0 Å². The smallest absolute Gasteiger partial charge is 0.0823 e. The maximum absolute atomic E-state index is 10.8. The van der Waals surface area contributed by atoms with Crippen molar-refractivity contribution in [2.45, 2.75) is 65.9 Å². The summed E-state index contributed by atoms with van der Waals surface area (Å²) >= 11 is 0. The number of rotatable bonds is 3. The van der Waals surface area contributed by atoms with Gasteiger partial charge in [0.1, 0.15) is 0 Å². The molecule has 1 aliphatic rings. The van der Waals surface area contributed by atoms with E-state index in [0.29, 0.717) is 11.8 Å². The molecule has 1 saturated carbocycles. The zero-order valence-corrected chi connectivity index (χ0v) is 12.9. The molecule has 3 unspecified atom stereocenters. The molecule has 0 bridgehead atoms. The first-order valence-corrected chi connectivity index (χ1v) is 7.80. The lowest BCUT2D eigenvalue weighted by molar-refractivity contribution is 0.0447. The fourth-order valence-corrected chi connectivity index (χ4v) is 3.69. The third kappa shape index (κ3) is 3.02. The van der Waals surface area contributed by atoms with Crippen LogP contribution in [0.25, 0.3) is 0 Å². The van der Waals surface area contributed by atoms with Crippen LogP contribution < -0.4 is 0 Å². The summed E-state index contributed by atoms with van der Waals surface area (Å²) in [4.78, 5) is 0. The van der Waals surface area contributed by atoms with Gasteiger partial charge in [0, 0.05) is 0 Å². The zero-order chi connectivity index (χ0) is 14.0. The first kappa shape index (κ1) is 14.6. The Morgan fingerprint density at radius 1 is 1.05 bits per heavy atom. The molecule has 1 aromatic carbocycles. The van der Waals surface area contributed by atoms with Crippen LogP contribution >= 0.6 is 0 Å². The Balaban J connectivity index is 2.27.